The van der Waals surface area contributed by atoms with Gasteiger partial charge in [0, 0.05) is 18.1 Å². The van der Waals surface area contributed by atoms with E-state index in [0.29, 0.717) is 23.4 Å². The third-order valence-electron chi connectivity index (χ3n) is 3.51. The summed E-state index contributed by atoms with van der Waals surface area (Å²) < 4.78 is 13.5. The van der Waals surface area contributed by atoms with Crippen molar-refractivity contribution in [3.63, 3.8) is 0 Å². The van der Waals surface area contributed by atoms with Crippen molar-refractivity contribution in [2.75, 3.05) is 25.0 Å². The van der Waals surface area contributed by atoms with E-state index in [1.165, 1.54) is 24.6 Å². The molecule has 5 heteroatoms. The van der Waals surface area contributed by atoms with Gasteiger partial charge in [0.15, 0.2) is 0 Å². The molecule has 0 bridgehead atoms. The van der Waals surface area contributed by atoms with Gasteiger partial charge in [-0.2, -0.15) is 0 Å². The molecule has 0 aromatic heterocycles. The maximum atomic E-state index is 13.5. The van der Waals surface area contributed by atoms with Crippen LogP contribution in [0.2, 0.25) is 5.02 Å². The minimum absolute atomic E-state index is 0.139. The molecule has 0 aliphatic carbocycles. The lowest BCUT2D eigenvalue weighted by molar-refractivity contribution is -0.117. The second-order valence-electron chi connectivity index (χ2n) is 5.81. The highest BCUT2D eigenvalue weighted by atomic mass is 35.5. The molecule has 0 radical (unpaired) electrons. The molecule has 0 saturated carbocycles. The Balaban J connectivity index is 1.93. The smallest absolute Gasteiger partial charge is 0.238 e. The molecule has 110 valence electrons. The molecule has 1 heterocycles. The number of rotatable bonds is 3. The summed E-state index contributed by atoms with van der Waals surface area (Å²) in [7, 11) is 0. The van der Waals surface area contributed by atoms with Crippen LogP contribution >= 0.6 is 11.6 Å². The number of halogens is 2. The molecule has 1 saturated heterocycles. The van der Waals surface area contributed by atoms with Crippen molar-refractivity contribution >= 4 is 23.2 Å². The molecule has 1 fully saturated rings. The SMILES string of the molecule is C[C@@H]1C[C@H](C)CN(CC(=O)Nc2cc(Cl)ccc2F)C1. The molecule has 1 aliphatic heterocycles. The van der Waals surface area contributed by atoms with Crippen LogP contribution in [0, 0.1) is 17.7 Å². The van der Waals surface area contributed by atoms with Gasteiger partial charge in [0.2, 0.25) is 5.91 Å². The number of nitrogens with zero attached hydrogens (tertiary/aromatic N) is 1. The first-order valence-electron chi connectivity index (χ1n) is 6.91. The Morgan fingerprint density at radius 3 is 2.70 bits per heavy atom. The van der Waals surface area contributed by atoms with Gasteiger partial charge < -0.3 is 5.32 Å². The highest BCUT2D eigenvalue weighted by Crippen LogP contribution is 2.22. The molecule has 2 rings (SSSR count). The van der Waals surface area contributed by atoms with E-state index in [4.69, 9.17) is 11.6 Å². The minimum atomic E-state index is -0.469. The lowest BCUT2D eigenvalue weighted by Gasteiger charge is -2.34. The fourth-order valence-corrected chi connectivity index (χ4v) is 3.08. The van der Waals surface area contributed by atoms with Crippen LogP contribution in [-0.2, 0) is 4.79 Å². The van der Waals surface area contributed by atoms with Crippen molar-refractivity contribution < 1.29 is 9.18 Å². The third-order valence-corrected chi connectivity index (χ3v) is 3.75. The first kappa shape index (κ1) is 15.3. The van der Waals surface area contributed by atoms with Gasteiger partial charge in [-0.05, 0) is 36.5 Å². The van der Waals surface area contributed by atoms with Crippen LogP contribution in [0.25, 0.3) is 0 Å². The van der Waals surface area contributed by atoms with Crippen molar-refractivity contribution in [3.8, 4) is 0 Å². The molecular weight excluding hydrogens is 279 g/mol. The summed E-state index contributed by atoms with van der Waals surface area (Å²) >= 11 is 5.80. The second-order valence-corrected chi connectivity index (χ2v) is 6.25. The fraction of sp³-hybridized carbons (Fsp3) is 0.533. The number of carbonyl (C=O) groups is 1. The number of hydrogen-bond acceptors (Lipinski definition) is 2. The maximum absolute atomic E-state index is 13.5. The predicted octanol–water partition coefficient (Wildman–Crippen LogP) is 3.40. The van der Waals surface area contributed by atoms with Crippen LogP contribution in [0.1, 0.15) is 20.3 Å². The number of likely N-dealkylation sites (tertiary alicyclic amines) is 1. The Bertz CT molecular complexity index is 485. The number of benzene rings is 1. The average Bonchev–Trinajstić information content (AvgIpc) is 2.32. The fourth-order valence-electron chi connectivity index (χ4n) is 2.91. The average molecular weight is 299 g/mol. The summed E-state index contributed by atoms with van der Waals surface area (Å²) in [5.41, 5.74) is 0.139. The molecule has 2 atom stereocenters. The second kappa shape index (κ2) is 6.55. The molecule has 3 nitrogen and oxygen atoms in total. The molecule has 1 aromatic carbocycles. The highest BCUT2D eigenvalue weighted by molar-refractivity contribution is 6.30. The van der Waals surface area contributed by atoms with E-state index in [1.807, 2.05) is 0 Å². The van der Waals surface area contributed by atoms with Gasteiger partial charge in [-0.25, -0.2) is 4.39 Å². The van der Waals surface area contributed by atoms with Crippen LogP contribution in [-0.4, -0.2) is 30.4 Å². The molecule has 0 spiro atoms. The van der Waals surface area contributed by atoms with Gasteiger partial charge in [-0.1, -0.05) is 25.4 Å². The van der Waals surface area contributed by atoms with Gasteiger partial charge in [0.1, 0.15) is 5.82 Å². The van der Waals surface area contributed by atoms with E-state index in [9.17, 15) is 9.18 Å². The van der Waals surface area contributed by atoms with Gasteiger partial charge in [-0.3, -0.25) is 9.69 Å². The van der Waals surface area contributed by atoms with E-state index in [2.05, 4.69) is 24.1 Å². The standard InChI is InChI=1S/C15H20ClFN2O/c1-10-5-11(2)8-19(7-10)9-15(20)18-14-6-12(16)3-4-13(14)17/h3-4,6,10-11H,5,7-9H2,1-2H3,(H,18,20)/t10-,11+. The number of anilines is 1. The van der Waals surface area contributed by atoms with Gasteiger partial charge in [0.05, 0.1) is 12.2 Å². The van der Waals surface area contributed by atoms with Crippen molar-refractivity contribution in [1.29, 1.82) is 0 Å². The van der Waals surface area contributed by atoms with Crippen LogP contribution in [0.3, 0.4) is 0 Å². The summed E-state index contributed by atoms with van der Waals surface area (Å²) in [4.78, 5) is 14.1. The normalized spacial score (nSPS) is 23.6. The zero-order chi connectivity index (χ0) is 14.7. The molecule has 1 aromatic rings. The molecule has 0 unspecified atom stereocenters. The van der Waals surface area contributed by atoms with Crippen LogP contribution in [0.15, 0.2) is 18.2 Å². The van der Waals surface area contributed by atoms with Crippen molar-refractivity contribution in [2.45, 2.75) is 20.3 Å². The van der Waals surface area contributed by atoms with Crippen molar-refractivity contribution in [2.24, 2.45) is 11.8 Å². The van der Waals surface area contributed by atoms with E-state index >= 15 is 0 Å². The predicted molar refractivity (Wildman–Crippen MR) is 79.4 cm³/mol. The third kappa shape index (κ3) is 4.18. The van der Waals surface area contributed by atoms with Crippen molar-refractivity contribution in [3.05, 3.63) is 29.0 Å². The number of hydrogen-bond donors (Lipinski definition) is 1. The van der Waals surface area contributed by atoms with E-state index in [0.717, 1.165) is 13.1 Å². The van der Waals surface area contributed by atoms with Gasteiger partial charge in [-0.15, -0.1) is 0 Å². The lowest BCUT2D eigenvalue weighted by atomic mass is 9.92. The molecule has 1 amide bonds. The first-order chi connectivity index (χ1) is 9.44. The largest absolute Gasteiger partial charge is 0.322 e. The number of nitrogens with one attached hydrogen (secondary N) is 1. The zero-order valence-corrected chi connectivity index (χ0v) is 12.6. The maximum Gasteiger partial charge on any atom is 0.238 e. The van der Waals surface area contributed by atoms with Crippen molar-refractivity contribution in [1.82, 2.24) is 4.90 Å². The Labute approximate surface area is 124 Å². The molecule has 20 heavy (non-hydrogen) atoms. The Morgan fingerprint density at radius 1 is 1.40 bits per heavy atom. The van der Waals surface area contributed by atoms with Gasteiger partial charge in [0.25, 0.3) is 0 Å². The zero-order valence-electron chi connectivity index (χ0n) is 11.8. The summed E-state index contributed by atoms with van der Waals surface area (Å²) in [6, 6.07) is 4.14. The minimum Gasteiger partial charge on any atom is -0.322 e. The van der Waals surface area contributed by atoms with Crippen LogP contribution in [0.4, 0.5) is 10.1 Å². The lowest BCUT2D eigenvalue weighted by Crippen LogP contribution is -2.42. The highest BCUT2D eigenvalue weighted by Gasteiger charge is 2.23. The molecule has 1 aliphatic rings. The van der Waals surface area contributed by atoms with E-state index < -0.39 is 5.82 Å². The van der Waals surface area contributed by atoms with Gasteiger partial charge >= 0.3 is 0 Å². The summed E-state index contributed by atoms with van der Waals surface area (Å²) in [5, 5.41) is 2.99. The Hall–Kier alpha value is -1.13. The number of piperidine rings is 1. The summed E-state index contributed by atoms with van der Waals surface area (Å²) in [6.07, 6.45) is 1.20. The Kier molecular flexibility index (Phi) is 5.00. The van der Waals surface area contributed by atoms with Crippen LogP contribution < -0.4 is 5.32 Å². The first-order valence-corrected chi connectivity index (χ1v) is 7.29. The number of amides is 1. The van der Waals surface area contributed by atoms with Crippen LogP contribution in [0.5, 0.6) is 0 Å². The summed E-state index contributed by atoms with van der Waals surface area (Å²) in [5.74, 6) is 0.513. The van der Waals surface area contributed by atoms with E-state index in [-0.39, 0.29) is 11.6 Å². The Morgan fingerprint density at radius 2 is 2.05 bits per heavy atom. The number of carbonyl (C=O) groups excluding carboxylic acids is 1. The quantitative estimate of drug-likeness (QED) is 0.927. The summed E-state index contributed by atoms with van der Waals surface area (Å²) in [6.45, 7) is 6.50. The molecular formula is C15H20ClFN2O. The monoisotopic (exact) mass is 298 g/mol. The van der Waals surface area contributed by atoms with E-state index in [1.54, 1.807) is 0 Å². The topological polar surface area (TPSA) is 32.3 Å². The molecule has 1 N–H and O–H groups in total.